The van der Waals surface area contributed by atoms with E-state index in [4.69, 9.17) is 5.84 Å². The average Bonchev–Trinajstić information content (AvgIpc) is 2.15. The molecular formula is C9H10ClF3N2O. The number of carbonyl (C=O) groups excluding carboxylic acids is 1. The zero-order valence-corrected chi connectivity index (χ0v) is 9.10. The van der Waals surface area contributed by atoms with E-state index in [1.165, 1.54) is 19.2 Å². The number of rotatable bonds is 1. The predicted molar refractivity (Wildman–Crippen MR) is 55.0 cm³/mol. The maximum absolute atomic E-state index is 12.3. The zero-order chi connectivity index (χ0) is 11.6. The Hall–Kier alpha value is -1.27. The lowest BCUT2D eigenvalue weighted by molar-refractivity contribution is -0.137. The van der Waals surface area contributed by atoms with Crippen molar-refractivity contribution < 1.29 is 18.0 Å². The minimum Gasteiger partial charge on any atom is -0.280 e. The van der Waals surface area contributed by atoms with Crippen LogP contribution in [0.15, 0.2) is 24.3 Å². The summed E-state index contributed by atoms with van der Waals surface area (Å²) in [6.07, 6.45) is -4.45. The summed E-state index contributed by atoms with van der Waals surface area (Å²) in [7, 11) is 1.27. The molecule has 0 bridgehead atoms. The molecule has 1 amide bonds. The molecule has 2 N–H and O–H groups in total. The van der Waals surface area contributed by atoms with Crippen molar-refractivity contribution in [3.63, 3.8) is 0 Å². The second kappa shape index (κ2) is 5.18. The molecule has 0 atom stereocenters. The minimum absolute atomic E-state index is 0. The first-order valence-corrected chi connectivity index (χ1v) is 4.02. The van der Waals surface area contributed by atoms with Crippen LogP contribution in [0, 0.1) is 0 Å². The van der Waals surface area contributed by atoms with Gasteiger partial charge < -0.3 is 0 Å². The van der Waals surface area contributed by atoms with Crippen LogP contribution in [0.25, 0.3) is 0 Å². The molecule has 90 valence electrons. The molecule has 0 spiro atoms. The summed E-state index contributed by atoms with van der Waals surface area (Å²) >= 11 is 0. The van der Waals surface area contributed by atoms with Gasteiger partial charge in [-0.3, -0.25) is 9.80 Å². The molecule has 1 aromatic carbocycles. The van der Waals surface area contributed by atoms with Gasteiger partial charge in [0.1, 0.15) is 0 Å². The molecule has 7 heteroatoms. The van der Waals surface area contributed by atoms with Gasteiger partial charge >= 0.3 is 6.18 Å². The van der Waals surface area contributed by atoms with Gasteiger partial charge in [0, 0.05) is 12.6 Å². The third-order valence-electron chi connectivity index (χ3n) is 1.76. The van der Waals surface area contributed by atoms with Crippen molar-refractivity contribution >= 4 is 18.3 Å². The lowest BCUT2D eigenvalue weighted by Crippen LogP contribution is -2.33. The molecule has 16 heavy (non-hydrogen) atoms. The van der Waals surface area contributed by atoms with E-state index in [2.05, 4.69) is 0 Å². The SMILES string of the molecule is CN(N)C(=O)c1cccc(C(F)(F)F)c1.Cl. The topological polar surface area (TPSA) is 46.3 Å². The Balaban J connectivity index is 0.00000225. The largest absolute Gasteiger partial charge is 0.416 e. The van der Waals surface area contributed by atoms with Gasteiger partial charge in [0.25, 0.3) is 5.91 Å². The van der Waals surface area contributed by atoms with Crippen molar-refractivity contribution in [2.45, 2.75) is 6.18 Å². The lowest BCUT2D eigenvalue weighted by Gasteiger charge is -2.11. The standard InChI is InChI=1S/C9H9F3N2O.ClH/c1-14(13)8(15)6-3-2-4-7(5-6)9(10,11)12;/h2-5H,13H2,1H3;1H. The Labute approximate surface area is 96.4 Å². The Morgan fingerprint density at radius 2 is 1.94 bits per heavy atom. The highest BCUT2D eigenvalue weighted by Crippen LogP contribution is 2.29. The maximum Gasteiger partial charge on any atom is 0.416 e. The fraction of sp³-hybridized carbons (Fsp3) is 0.222. The molecule has 0 radical (unpaired) electrons. The smallest absolute Gasteiger partial charge is 0.280 e. The first-order valence-electron chi connectivity index (χ1n) is 4.02. The van der Waals surface area contributed by atoms with Crippen molar-refractivity contribution in [3.8, 4) is 0 Å². The van der Waals surface area contributed by atoms with E-state index in [-0.39, 0.29) is 18.0 Å². The van der Waals surface area contributed by atoms with Gasteiger partial charge in [-0.05, 0) is 18.2 Å². The van der Waals surface area contributed by atoms with Crippen molar-refractivity contribution in [1.82, 2.24) is 5.01 Å². The summed E-state index contributed by atoms with van der Waals surface area (Å²) < 4.78 is 36.8. The molecule has 0 fully saturated rings. The number of carbonyl (C=O) groups is 1. The van der Waals surface area contributed by atoms with Crippen LogP contribution < -0.4 is 5.84 Å². The number of benzene rings is 1. The van der Waals surface area contributed by atoms with Crippen LogP contribution in [-0.4, -0.2) is 18.0 Å². The minimum atomic E-state index is -4.45. The highest BCUT2D eigenvalue weighted by atomic mass is 35.5. The molecule has 0 heterocycles. The van der Waals surface area contributed by atoms with Crippen LogP contribution in [0.3, 0.4) is 0 Å². The molecule has 3 nitrogen and oxygen atoms in total. The quantitative estimate of drug-likeness (QED) is 0.474. The number of alkyl halides is 3. The Morgan fingerprint density at radius 3 is 2.38 bits per heavy atom. The van der Waals surface area contributed by atoms with E-state index in [0.717, 1.165) is 17.1 Å². The number of nitrogens with two attached hydrogens (primary N) is 1. The summed E-state index contributed by atoms with van der Waals surface area (Å²) in [5, 5.41) is 0.732. The van der Waals surface area contributed by atoms with Crippen molar-refractivity contribution in [2.24, 2.45) is 5.84 Å². The average molecular weight is 255 g/mol. The van der Waals surface area contributed by atoms with E-state index in [1.54, 1.807) is 0 Å². The van der Waals surface area contributed by atoms with Crippen molar-refractivity contribution in [2.75, 3.05) is 7.05 Å². The second-order valence-corrected chi connectivity index (χ2v) is 2.99. The summed E-state index contributed by atoms with van der Waals surface area (Å²) in [5.41, 5.74) is -0.954. The first kappa shape index (κ1) is 14.7. The third-order valence-corrected chi connectivity index (χ3v) is 1.76. The molecule has 0 aliphatic carbocycles. The highest BCUT2D eigenvalue weighted by molar-refractivity contribution is 5.93. The van der Waals surface area contributed by atoms with Gasteiger partial charge in [0.05, 0.1) is 5.56 Å². The second-order valence-electron chi connectivity index (χ2n) is 2.99. The van der Waals surface area contributed by atoms with Crippen LogP contribution in [0.5, 0.6) is 0 Å². The van der Waals surface area contributed by atoms with Crippen molar-refractivity contribution in [3.05, 3.63) is 35.4 Å². The molecule has 0 saturated heterocycles. The summed E-state index contributed by atoms with van der Waals surface area (Å²) in [4.78, 5) is 11.3. The lowest BCUT2D eigenvalue weighted by atomic mass is 10.1. The normalized spacial score (nSPS) is 10.6. The number of amides is 1. The van der Waals surface area contributed by atoms with Gasteiger partial charge in [-0.2, -0.15) is 13.2 Å². The third kappa shape index (κ3) is 3.39. The van der Waals surface area contributed by atoms with Gasteiger partial charge in [0.15, 0.2) is 0 Å². The van der Waals surface area contributed by atoms with Gasteiger partial charge in [-0.25, -0.2) is 5.84 Å². The van der Waals surface area contributed by atoms with Crippen LogP contribution in [0.4, 0.5) is 13.2 Å². The van der Waals surface area contributed by atoms with Crippen LogP contribution in [-0.2, 0) is 6.18 Å². The van der Waals surface area contributed by atoms with Gasteiger partial charge in [0.2, 0.25) is 0 Å². The molecule has 0 aromatic heterocycles. The molecule has 0 aliphatic rings. The van der Waals surface area contributed by atoms with Crippen molar-refractivity contribution in [1.29, 1.82) is 0 Å². The molecule has 0 unspecified atom stereocenters. The van der Waals surface area contributed by atoms with Crippen LogP contribution in [0.2, 0.25) is 0 Å². The summed E-state index contributed by atoms with van der Waals surface area (Å²) in [6.45, 7) is 0. The highest BCUT2D eigenvalue weighted by Gasteiger charge is 2.30. The number of hydrazine groups is 1. The molecular weight excluding hydrogens is 245 g/mol. The van der Waals surface area contributed by atoms with Gasteiger partial charge in [-0.15, -0.1) is 12.4 Å². The molecule has 1 rings (SSSR count). The molecule has 0 saturated carbocycles. The van der Waals surface area contributed by atoms with Gasteiger partial charge in [-0.1, -0.05) is 6.07 Å². The predicted octanol–water partition coefficient (Wildman–Crippen LogP) is 2.07. The maximum atomic E-state index is 12.3. The van der Waals surface area contributed by atoms with E-state index in [1.807, 2.05) is 0 Å². The number of hydrogen-bond acceptors (Lipinski definition) is 2. The fourth-order valence-electron chi connectivity index (χ4n) is 1.03. The summed E-state index contributed by atoms with van der Waals surface area (Å²) in [5.74, 6) is 4.46. The summed E-state index contributed by atoms with van der Waals surface area (Å²) in [6, 6.07) is 4.11. The number of hydrogen-bond donors (Lipinski definition) is 1. The Morgan fingerprint density at radius 1 is 1.38 bits per heavy atom. The van der Waals surface area contributed by atoms with E-state index >= 15 is 0 Å². The number of halogens is 4. The monoisotopic (exact) mass is 254 g/mol. The molecule has 1 aromatic rings. The van der Waals surface area contributed by atoms with E-state index in [9.17, 15) is 18.0 Å². The van der Waals surface area contributed by atoms with E-state index in [0.29, 0.717) is 0 Å². The Kier molecular flexibility index (Phi) is 4.77. The van der Waals surface area contributed by atoms with E-state index < -0.39 is 17.6 Å². The number of nitrogens with zero attached hydrogens (tertiary/aromatic N) is 1. The molecule has 0 aliphatic heterocycles. The fourth-order valence-corrected chi connectivity index (χ4v) is 1.03. The zero-order valence-electron chi connectivity index (χ0n) is 8.28. The Bertz CT molecular complexity index is 379. The van der Waals surface area contributed by atoms with Crippen LogP contribution in [0.1, 0.15) is 15.9 Å². The van der Waals surface area contributed by atoms with Crippen LogP contribution >= 0.6 is 12.4 Å². The first-order chi connectivity index (χ1) is 6.82.